The highest BCUT2D eigenvalue weighted by Crippen LogP contribution is 2.28. The molecule has 0 saturated carbocycles. The Labute approximate surface area is 156 Å². The first-order valence-corrected chi connectivity index (χ1v) is 10.7. The van der Waals surface area contributed by atoms with E-state index < -0.39 is 10.0 Å². The molecule has 2 N–H and O–H groups in total. The Bertz CT molecular complexity index is 826. The first-order chi connectivity index (χ1) is 12.5. The number of quaternary nitrogens is 1. The summed E-state index contributed by atoms with van der Waals surface area (Å²) in [6, 6.07) is 14.8. The smallest absolute Gasteiger partial charge is 0.261 e. The quantitative estimate of drug-likeness (QED) is 0.810. The number of rotatable bonds is 6. The lowest BCUT2D eigenvalue weighted by atomic mass is 10.1. The summed E-state index contributed by atoms with van der Waals surface area (Å²) in [4.78, 5) is 4.07. The molecule has 26 heavy (non-hydrogen) atoms. The van der Waals surface area contributed by atoms with Gasteiger partial charge in [-0.25, -0.2) is 8.42 Å². The van der Waals surface area contributed by atoms with E-state index in [4.69, 9.17) is 0 Å². The molecule has 1 aliphatic heterocycles. The van der Waals surface area contributed by atoms with Gasteiger partial charge >= 0.3 is 0 Å². The third-order valence-electron chi connectivity index (χ3n) is 4.88. The Morgan fingerprint density at radius 3 is 2.35 bits per heavy atom. The summed E-state index contributed by atoms with van der Waals surface area (Å²) in [5.41, 5.74) is 2.75. The van der Waals surface area contributed by atoms with Crippen molar-refractivity contribution >= 4 is 21.4 Å². The number of nitrogens with zero attached hydrogens (tertiary/aromatic N) is 1. The Hall–Kier alpha value is -2.05. The molecule has 5 nitrogen and oxygen atoms in total. The molecule has 0 amide bonds. The van der Waals surface area contributed by atoms with Gasteiger partial charge in [0.15, 0.2) is 0 Å². The number of hydrogen-bond acceptors (Lipinski definition) is 3. The van der Waals surface area contributed by atoms with Gasteiger partial charge < -0.3 is 9.80 Å². The van der Waals surface area contributed by atoms with E-state index in [2.05, 4.69) is 23.6 Å². The number of para-hydroxylation sites is 2. The average molecular weight is 375 g/mol. The van der Waals surface area contributed by atoms with Crippen molar-refractivity contribution in [3.63, 3.8) is 0 Å². The molecule has 0 spiro atoms. The van der Waals surface area contributed by atoms with E-state index in [9.17, 15) is 8.42 Å². The van der Waals surface area contributed by atoms with Gasteiger partial charge in [-0.1, -0.05) is 37.6 Å². The fourth-order valence-electron chi connectivity index (χ4n) is 3.29. The van der Waals surface area contributed by atoms with Gasteiger partial charge in [0.05, 0.1) is 49.5 Å². The number of aryl methyl sites for hydroxylation is 1. The minimum absolute atomic E-state index is 0.301. The molecule has 0 radical (unpaired) electrons. The van der Waals surface area contributed by atoms with Crippen molar-refractivity contribution in [2.45, 2.75) is 24.7 Å². The zero-order valence-corrected chi connectivity index (χ0v) is 16.3. The summed E-state index contributed by atoms with van der Waals surface area (Å²) >= 11 is 0. The molecule has 2 aromatic carbocycles. The minimum atomic E-state index is -3.60. The fraction of sp³-hybridized carbons (Fsp3) is 0.400. The van der Waals surface area contributed by atoms with Crippen LogP contribution >= 0.6 is 0 Å². The molecule has 140 valence electrons. The third kappa shape index (κ3) is 4.37. The van der Waals surface area contributed by atoms with Gasteiger partial charge in [-0.2, -0.15) is 0 Å². The summed E-state index contributed by atoms with van der Waals surface area (Å²) in [6.07, 6.45) is 2.01. The Balaban J connectivity index is 1.81. The van der Waals surface area contributed by atoms with Crippen molar-refractivity contribution in [1.29, 1.82) is 0 Å². The van der Waals surface area contributed by atoms with E-state index in [0.717, 1.165) is 50.3 Å². The van der Waals surface area contributed by atoms with E-state index in [0.29, 0.717) is 10.6 Å². The van der Waals surface area contributed by atoms with Crippen molar-refractivity contribution in [1.82, 2.24) is 0 Å². The zero-order chi connectivity index (χ0) is 18.6. The molecular formula is C20H28N3O2S+. The monoisotopic (exact) mass is 374 g/mol. The second kappa shape index (κ2) is 8.10. The standard InChI is InChI=1S/C20H27N3O2S/c1-3-6-17-9-11-18(12-10-17)26(24,25)21-19-7-4-5-8-20(19)23-15-13-22(2)14-16-23/h4-5,7-12,21H,3,6,13-16H2,1-2H3/p+1. The molecular weight excluding hydrogens is 346 g/mol. The highest BCUT2D eigenvalue weighted by Gasteiger charge is 2.21. The van der Waals surface area contributed by atoms with Gasteiger partial charge in [-0.05, 0) is 36.2 Å². The van der Waals surface area contributed by atoms with Crippen LogP contribution in [0.3, 0.4) is 0 Å². The molecule has 0 atom stereocenters. The SMILES string of the molecule is CCCc1ccc(S(=O)(=O)Nc2ccccc2N2CC[NH+](C)CC2)cc1. The van der Waals surface area contributed by atoms with Crippen molar-refractivity contribution in [2.24, 2.45) is 0 Å². The number of benzene rings is 2. The summed E-state index contributed by atoms with van der Waals surface area (Å²) in [5, 5.41) is 0. The van der Waals surface area contributed by atoms with Crippen LogP contribution in [0.1, 0.15) is 18.9 Å². The van der Waals surface area contributed by atoms with Gasteiger partial charge in [0.2, 0.25) is 0 Å². The maximum atomic E-state index is 12.8. The van der Waals surface area contributed by atoms with Crippen molar-refractivity contribution in [3.05, 3.63) is 54.1 Å². The second-order valence-electron chi connectivity index (χ2n) is 6.96. The van der Waals surface area contributed by atoms with Crippen molar-refractivity contribution < 1.29 is 13.3 Å². The van der Waals surface area contributed by atoms with Crippen LogP contribution in [-0.2, 0) is 16.4 Å². The molecule has 1 heterocycles. The predicted molar refractivity (Wildman–Crippen MR) is 107 cm³/mol. The predicted octanol–water partition coefficient (Wildman–Crippen LogP) is 1.77. The van der Waals surface area contributed by atoms with Gasteiger partial charge in [-0.15, -0.1) is 0 Å². The molecule has 3 rings (SSSR count). The van der Waals surface area contributed by atoms with E-state index in [1.165, 1.54) is 4.90 Å². The fourth-order valence-corrected chi connectivity index (χ4v) is 4.37. The lowest BCUT2D eigenvalue weighted by Gasteiger charge is -2.33. The van der Waals surface area contributed by atoms with Crippen LogP contribution in [0, 0.1) is 0 Å². The van der Waals surface area contributed by atoms with Crippen LogP contribution in [0.4, 0.5) is 11.4 Å². The molecule has 0 aromatic heterocycles. The first kappa shape index (κ1) is 18.7. The summed E-state index contributed by atoms with van der Waals surface area (Å²) in [6.45, 7) is 6.08. The molecule has 6 heteroatoms. The van der Waals surface area contributed by atoms with Crippen LogP contribution in [-0.4, -0.2) is 41.6 Å². The van der Waals surface area contributed by atoms with Crippen molar-refractivity contribution in [3.8, 4) is 0 Å². The number of likely N-dealkylation sites (N-methyl/N-ethyl adjacent to an activating group) is 1. The Kier molecular flexibility index (Phi) is 5.84. The van der Waals surface area contributed by atoms with Gasteiger partial charge in [-0.3, -0.25) is 4.72 Å². The van der Waals surface area contributed by atoms with Crippen LogP contribution in [0.2, 0.25) is 0 Å². The summed E-state index contributed by atoms with van der Waals surface area (Å²) < 4.78 is 28.4. The summed E-state index contributed by atoms with van der Waals surface area (Å²) in [7, 11) is -1.41. The number of sulfonamides is 1. The minimum Gasteiger partial charge on any atom is -0.359 e. The molecule has 1 saturated heterocycles. The largest absolute Gasteiger partial charge is 0.359 e. The number of nitrogens with one attached hydrogen (secondary N) is 2. The molecule has 0 aliphatic carbocycles. The zero-order valence-electron chi connectivity index (χ0n) is 15.5. The highest BCUT2D eigenvalue weighted by atomic mass is 32.2. The summed E-state index contributed by atoms with van der Waals surface area (Å²) in [5.74, 6) is 0. The normalized spacial score (nSPS) is 15.8. The maximum Gasteiger partial charge on any atom is 0.261 e. The Morgan fingerprint density at radius 2 is 1.69 bits per heavy atom. The third-order valence-corrected chi connectivity index (χ3v) is 6.26. The van der Waals surface area contributed by atoms with Crippen LogP contribution < -0.4 is 14.5 Å². The molecule has 0 unspecified atom stereocenters. The maximum absolute atomic E-state index is 12.8. The number of hydrogen-bond donors (Lipinski definition) is 2. The molecule has 2 aromatic rings. The Morgan fingerprint density at radius 1 is 1.04 bits per heavy atom. The second-order valence-corrected chi connectivity index (χ2v) is 8.64. The van der Waals surface area contributed by atoms with E-state index in [-0.39, 0.29) is 0 Å². The number of piperazine rings is 1. The number of anilines is 2. The van der Waals surface area contributed by atoms with Gasteiger partial charge in [0.25, 0.3) is 10.0 Å². The molecule has 1 fully saturated rings. The lowest BCUT2D eigenvalue weighted by molar-refractivity contribution is -0.880. The van der Waals surface area contributed by atoms with E-state index in [1.54, 1.807) is 12.1 Å². The van der Waals surface area contributed by atoms with Gasteiger partial charge in [0, 0.05) is 0 Å². The molecule has 1 aliphatic rings. The van der Waals surface area contributed by atoms with Crippen LogP contribution in [0.5, 0.6) is 0 Å². The van der Waals surface area contributed by atoms with Gasteiger partial charge in [0.1, 0.15) is 0 Å². The molecule has 0 bridgehead atoms. The van der Waals surface area contributed by atoms with E-state index >= 15 is 0 Å². The van der Waals surface area contributed by atoms with Crippen molar-refractivity contribution in [2.75, 3.05) is 42.8 Å². The van der Waals surface area contributed by atoms with Crippen LogP contribution in [0.25, 0.3) is 0 Å². The average Bonchev–Trinajstić information content (AvgIpc) is 2.63. The lowest BCUT2D eigenvalue weighted by Crippen LogP contribution is -3.12. The first-order valence-electron chi connectivity index (χ1n) is 9.26. The van der Waals surface area contributed by atoms with Crippen LogP contribution in [0.15, 0.2) is 53.4 Å². The highest BCUT2D eigenvalue weighted by molar-refractivity contribution is 7.92. The topological polar surface area (TPSA) is 53.9 Å². The van der Waals surface area contributed by atoms with E-state index in [1.807, 2.05) is 36.4 Å².